The highest BCUT2D eigenvalue weighted by atomic mass is 32.2. The van der Waals surface area contributed by atoms with Crippen LogP contribution in [0.2, 0.25) is 0 Å². The summed E-state index contributed by atoms with van der Waals surface area (Å²) < 4.78 is 31.7. The van der Waals surface area contributed by atoms with Crippen LogP contribution in [0.5, 0.6) is 0 Å². The predicted octanol–water partition coefficient (Wildman–Crippen LogP) is 4.74. The fourth-order valence-electron chi connectivity index (χ4n) is 4.63. The number of benzene rings is 3. The third-order valence-electron chi connectivity index (χ3n) is 7.01. The fraction of sp³-hybridized carbons (Fsp3) is 0.242. The third-order valence-corrected chi connectivity index (χ3v) is 9.93. The topological polar surface area (TPSA) is 164 Å². The number of carbonyl (C=O) groups is 4. The van der Waals surface area contributed by atoms with Crippen molar-refractivity contribution in [2.75, 3.05) is 25.5 Å². The Morgan fingerprint density at radius 3 is 2.34 bits per heavy atom. The average molecular weight is 676 g/mol. The molecular formula is C33H33N5O7S2. The molecule has 2 heterocycles. The Morgan fingerprint density at radius 2 is 1.62 bits per heavy atom. The Hall–Kier alpha value is -5.08. The molecule has 0 saturated heterocycles. The Morgan fingerprint density at radius 1 is 0.936 bits per heavy atom. The molecule has 0 spiro atoms. The van der Waals surface area contributed by atoms with Gasteiger partial charge in [0.05, 0.1) is 27.6 Å². The number of nitrogens with zero attached hydrogens (tertiary/aromatic N) is 2. The number of carbonyl (C=O) groups excluding carboxylic acids is 4. The number of ether oxygens (including phenoxy) is 1. The number of hydrogen-bond acceptors (Lipinski definition) is 9. The minimum atomic E-state index is -3.98. The number of rotatable bonds is 8. The summed E-state index contributed by atoms with van der Waals surface area (Å²) in [6.45, 7) is 6.07. The van der Waals surface area contributed by atoms with Crippen molar-refractivity contribution in [2.24, 2.45) is 0 Å². The van der Waals surface area contributed by atoms with Crippen molar-refractivity contribution in [3.05, 3.63) is 94.5 Å². The maximum absolute atomic E-state index is 13.2. The van der Waals surface area contributed by atoms with Crippen LogP contribution < -0.4 is 16.0 Å². The smallest absolute Gasteiger partial charge is 0.410 e. The van der Waals surface area contributed by atoms with Gasteiger partial charge in [0.15, 0.2) is 0 Å². The van der Waals surface area contributed by atoms with E-state index in [-0.39, 0.29) is 52.1 Å². The molecule has 0 saturated carbocycles. The molecule has 0 fully saturated rings. The van der Waals surface area contributed by atoms with Gasteiger partial charge >= 0.3 is 6.09 Å². The molecule has 244 valence electrons. The number of anilines is 1. The minimum absolute atomic E-state index is 0.0317. The first-order chi connectivity index (χ1) is 22.2. The number of likely N-dealkylation sites (N-methyl/N-ethyl adjacent to an activating group) is 1. The summed E-state index contributed by atoms with van der Waals surface area (Å²) in [6.07, 6.45) is 1.18. The van der Waals surface area contributed by atoms with E-state index in [2.05, 4.69) is 20.9 Å². The Kier molecular flexibility index (Phi) is 9.45. The standard InChI is InChI=1S/C33H33N5O7S2/c1-33(2,3)45-32(42)38(4)16-15-34-28(39)20-9-11-21(12-10-20)31-36-19-23(46-31)18-35-29(40)22-13-14-27-25(17-22)37-30(41)24-7-5-6-8-26(24)47(27,43)44/h5-14,17,19H,15-16,18H2,1-4H3,(H,34,39)(H,35,40)(H,37,41). The molecular weight excluding hydrogens is 643 g/mol. The monoisotopic (exact) mass is 675 g/mol. The van der Waals surface area contributed by atoms with E-state index in [1.54, 1.807) is 70.4 Å². The molecule has 14 heteroatoms. The van der Waals surface area contributed by atoms with Gasteiger partial charge in [-0.25, -0.2) is 18.2 Å². The fourth-order valence-corrected chi connectivity index (χ4v) is 7.08. The van der Waals surface area contributed by atoms with E-state index >= 15 is 0 Å². The Bertz CT molecular complexity index is 1970. The van der Waals surface area contributed by atoms with Crippen LogP contribution in [0.4, 0.5) is 10.5 Å². The van der Waals surface area contributed by atoms with Crippen LogP contribution in [0.3, 0.4) is 0 Å². The number of nitrogens with one attached hydrogen (secondary N) is 3. The van der Waals surface area contributed by atoms with Crippen LogP contribution in [-0.2, 0) is 21.1 Å². The van der Waals surface area contributed by atoms with Gasteiger partial charge in [-0.3, -0.25) is 14.4 Å². The Labute approximate surface area is 276 Å². The lowest BCUT2D eigenvalue weighted by Crippen LogP contribution is -2.39. The normalized spacial score (nSPS) is 13.3. The number of aromatic nitrogens is 1. The zero-order chi connectivity index (χ0) is 33.9. The van der Waals surface area contributed by atoms with Crippen molar-refractivity contribution < 1.29 is 32.3 Å². The lowest BCUT2D eigenvalue weighted by molar-refractivity contribution is 0.0299. The summed E-state index contributed by atoms with van der Waals surface area (Å²) in [6, 6.07) is 16.9. The van der Waals surface area contributed by atoms with E-state index < -0.39 is 33.3 Å². The van der Waals surface area contributed by atoms with Crippen molar-refractivity contribution >= 4 is 50.7 Å². The van der Waals surface area contributed by atoms with E-state index in [9.17, 15) is 27.6 Å². The zero-order valence-corrected chi connectivity index (χ0v) is 27.8. The minimum Gasteiger partial charge on any atom is -0.444 e. The van der Waals surface area contributed by atoms with Crippen LogP contribution in [0.25, 0.3) is 10.6 Å². The molecule has 4 amide bonds. The molecule has 0 atom stereocenters. The molecule has 4 aromatic rings. The van der Waals surface area contributed by atoms with Crippen LogP contribution in [0.1, 0.15) is 56.7 Å². The second-order valence-electron chi connectivity index (χ2n) is 11.7. The van der Waals surface area contributed by atoms with Crippen LogP contribution >= 0.6 is 11.3 Å². The van der Waals surface area contributed by atoms with Crippen molar-refractivity contribution in [1.82, 2.24) is 20.5 Å². The van der Waals surface area contributed by atoms with Gasteiger partial charge in [0.2, 0.25) is 9.84 Å². The number of sulfone groups is 1. The maximum atomic E-state index is 13.2. The maximum Gasteiger partial charge on any atom is 0.410 e. The van der Waals surface area contributed by atoms with E-state index in [1.807, 2.05) is 0 Å². The van der Waals surface area contributed by atoms with Gasteiger partial charge in [-0.05, 0) is 63.2 Å². The largest absolute Gasteiger partial charge is 0.444 e. The first-order valence-corrected chi connectivity index (χ1v) is 16.9. The van der Waals surface area contributed by atoms with Gasteiger partial charge in [-0.2, -0.15) is 0 Å². The lowest BCUT2D eigenvalue weighted by atomic mass is 10.1. The van der Waals surface area contributed by atoms with Gasteiger partial charge in [0, 0.05) is 47.9 Å². The van der Waals surface area contributed by atoms with Gasteiger partial charge in [-0.15, -0.1) is 11.3 Å². The molecule has 0 radical (unpaired) electrons. The van der Waals surface area contributed by atoms with Gasteiger partial charge < -0.3 is 25.6 Å². The summed E-state index contributed by atoms with van der Waals surface area (Å²) in [5.41, 5.74) is 0.886. The van der Waals surface area contributed by atoms with Crippen LogP contribution in [0.15, 0.2) is 82.7 Å². The molecule has 1 aromatic heterocycles. The van der Waals surface area contributed by atoms with Crippen LogP contribution in [-0.4, -0.2) is 67.9 Å². The number of hydrogen-bond donors (Lipinski definition) is 3. The van der Waals surface area contributed by atoms with Crippen molar-refractivity contribution in [1.29, 1.82) is 0 Å². The number of fused-ring (bicyclic) bond motifs is 2. The summed E-state index contributed by atoms with van der Waals surface area (Å²) in [5.74, 6) is -1.31. The van der Waals surface area contributed by atoms with Crippen molar-refractivity contribution in [2.45, 2.75) is 42.7 Å². The molecule has 12 nitrogen and oxygen atoms in total. The lowest BCUT2D eigenvalue weighted by Gasteiger charge is -2.24. The average Bonchev–Trinajstić information content (AvgIpc) is 3.49. The van der Waals surface area contributed by atoms with Gasteiger partial charge in [-0.1, -0.05) is 24.3 Å². The second kappa shape index (κ2) is 13.3. The van der Waals surface area contributed by atoms with Crippen LogP contribution in [0, 0.1) is 0 Å². The second-order valence-corrected chi connectivity index (χ2v) is 14.7. The highest BCUT2D eigenvalue weighted by Crippen LogP contribution is 2.34. The SMILES string of the molecule is CN(CCNC(=O)c1ccc(-c2ncc(CNC(=O)c3ccc4c(c3)NC(=O)c3ccccc3S4(=O)=O)s2)cc1)C(=O)OC(C)(C)C. The molecule has 1 aliphatic rings. The van der Waals surface area contributed by atoms with Crippen molar-refractivity contribution in [3.8, 4) is 10.6 Å². The highest BCUT2D eigenvalue weighted by Gasteiger charge is 2.31. The summed E-state index contributed by atoms with van der Waals surface area (Å²) in [7, 11) is -2.37. The number of amides is 4. The highest BCUT2D eigenvalue weighted by molar-refractivity contribution is 7.91. The molecule has 3 aromatic carbocycles. The van der Waals surface area contributed by atoms with E-state index in [1.165, 1.54) is 46.6 Å². The molecule has 3 N–H and O–H groups in total. The Balaban J connectivity index is 1.16. The van der Waals surface area contributed by atoms with Crippen molar-refractivity contribution in [3.63, 3.8) is 0 Å². The molecule has 47 heavy (non-hydrogen) atoms. The number of thiazole rings is 1. The van der Waals surface area contributed by atoms with E-state index in [4.69, 9.17) is 4.74 Å². The first-order valence-electron chi connectivity index (χ1n) is 14.6. The zero-order valence-electron chi connectivity index (χ0n) is 26.1. The summed E-state index contributed by atoms with van der Waals surface area (Å²) in [5, 5.41) is 8.90. The molecule has 5 rings (SSSR count). The third kappa shape index (κ3) is 7.67. The van der Waals surface area contributed by atoms with E-state index in [0.29, 0.717) is 10.6 Å². The first kappa shape index (κ1) is 33.3. The van der Waals surface area contributed by atoms with E-state index in [0.717, 1.165) is 10.4 Å². The molecule has 1 aliphatic heterocycles. The van der Waals surface area contributed by atoms with Gasteiger partial charge in [0.25, 0.3) is 17.7 Å². The molecule has 0 unspecified atom stereocenters. The molecule has 0 bridgehead atoms. The quantitative estimate of drug-likeness (QED) is 0.241. The van der Waals surface area contributed by atoms with Gasteiger partial charge in [0.1, 0.15) is 10.6 Å². The predicted molar refractivity (Wildman–Crippen MR) is 176 cm³/mol. The summed E-state index contributed by atoms with van der Waals surface area (Å²) >= 11 is 1.37. The summed E-state index contributed by atoms with van der Waals surface area (Å²) in [4.78, 5) is 56.8. The molecule has 0 aliphatic carbocycles.